The minimum absolute atomic E-state index is 0.00690. The normalized spacial score (nSPS) is 16.5. The second-order valence-electron chi connectivity index (χ2n) is 3.92. The van der Waals surface area contributed by atoms with Crippen LogP contribution in [0, 0.1) is 5.92 Å². The number of rotatable bonds is 6. The average molecular weight is 255 g/mol. The summed E-state index contributed by atoms with van der Waals surface area (Å²) in [5.74, 6) is -0.999. The van der Waals surface area contributed by atoms with Gasteiger partial charge in [-0.15, -0.1) is 11.3 Å². The molecular formula is C10H13N3O3S. The molecule has 1 aromatic rings. The monoisotopic (exact) mass is 255 g/mol. The molecule has 1 atom stereocenters. The Labute approximate surface area is 102 Å². The number of thiazole rings is 1. The molecule has 1 unspecified atom stereocenters. The summed E-state index contributed by atoms with van der Waals surface area (Å²) in [6, 6.07) is -0.614. The van der Waals surface area contributed by atoms with Crippen LogP contribution in [0.15, 0.2) is 11.6 Å². The van der Waals surface area contributed by atoms with Crippen LogP contribution in [0.25, 0.3) is 0 Å². The van der Waals surface area contributed by atoms with Crippen LogP contribution in [0.1, 0.15) is 12.8 Å². The largest absolute Gasteiger partial charge is 0.480 e. The minimum atomic E-state index is -0.894. The third-order valence-electron chi connectivity index (χ3n) is 2.52. The summed E-state index contributed by atoms with van der Waals surface area (Å²) in [6.07, 6.45) is 3.42. The van der Waals surface area contributed by atoms with E-state index < -0.39 is 12.0 Å². The van der Waals surface area contributed by atoms with Gasteiger partial charge in [-0.2, -0.15) is 0 Å². The highest BCUT2D eigenvalue weighted by Gasteiger charge is 2.36. The van der Waals surface area contributed by atoms with Gasteiger partial charge in [-0.05, 0) is 18.8 Å². The summed E-state index contributed by atoms with van der Waals surface area (Å²) in [7, 11) is 0. The molecule has 92 valence electrons. The molecule has 1 aliphatic rings. The van der Waals surface area contributed by atoms with Crippen molar-refractivity contribution >= 4 is 28.3 Å². The van der Waals surface area contributed by atoms with Crippen molar-refractivity contribution in [3.8, 4) is 0 Å². The van der Waals surface area contributed by atoms with Crippen LogP contribution in [-0.4, -0.2) is 34.6 Å². The maximum absolute atomic E-state index is 11.5. The maximum atomic E-state index is 11.5. The minimum Gasteiger partial charge on any atom is -0.480 e. The quantitative estimate of drug-likeness (QED) is 0.690. The molecule has 0 bridgehead atoms. The van der Waals surface area contributed by atoms with Gasteiger partial charge in [-0.3, -0.25) is 14.9 Å². The highest BCUT2D eigenvalue weighted by molar-refractivity contribution is 7.13. The van der Waals surface area contributed by atoms with E-state index in [1.54, 1.807) is 11.6 Å². The Hall–Kier alpha value is -1.47. The zero-order chi connectivity index (χ0) is 12.3. The smallest absolute Gasteiger partial charge is 0.320 e. The van der Waals surface area contributed by atoms with Gasteiger partial charge >= 0.3 is 5.97 Å². The molecule has 2 rings (SSSR count). The standard InChI is InChI=1S/C10H13N3O3S/c14-7(13-10-11-3-4-17-10)5-12-8(9(15)16)6-1-2-6/h3-4,6,8,12H,1-2,5H2,(H,15,16)(H,11,13,14). The predicted octanol–water partition coefficient (Wildman–Crippen LogP) is 0.534. The summed E-state index contributed by atoms with van der Waals surface area (Å²) in [6.45, 7) is -0.00690. The van der Waals surface area contributed by atoms with Gasteiger partial charge < -0.3 is 10.4 Å². The zero-order valence-corrected chi connectivity index (χ0v) is 9.87. The fourth-order valence-corrected chi connectivity index (χ4v) is 2.08. The fraction of sp³-hybridized carbons (Fsp3) is 0.500. The van der Waals surface area contributed by atoms with E-state index in [1.165, 1.54) is 11.3 Å². The summed E-state index contributed by atoms with van der Waals surface area (Å²) in [5, 5.41) is 16.6. The summed E-state index contributed by atoms with van der Waals surface area (Å²) in [5.41, 5.74) is 0. The summed E-state index contributed by atoms with van der Waals surface area (Å²) < 4.78 is 0. The van der Waals surface area contributed by atoms with Gasteiger partial charge in [-0.25, -0.2) is 4.98 Å². The van der Waals surface area contributed by atoms with E-state index in [0.717, 1.165) is 12.8 Å². The number of carbonyl (C=O) groups excluding carboxylic acids is 1. The van der Waals surface area contributed by atoms with E-state index in [4.69, 9.17) is 5.11 Å². The molecule has 0 saturated heterocycles. The highest BCUT2D eigenvalue weighted by atomic mass is 32.1. The van der Waals surface area contributed by atoms with Crippen molar-refractivity contribution in [3.05, 3.63) is 11.6 Å². The van der Waals surface area contributed by atoms with E-state index in [2.05, 4.69) is 15.6 Å². The Morgan fingerprint density at radius 2 is 2.35 bits per heavy atom. The van der Waals surface area contributed by atoms with E-state index in [-0.39, 0.29) is 18.4 Å². The Kier molecular flexibility index (Phi) is 3.70. The Morgan fingerprint density at radius 3 is 2.88 bits per heavy atom. The third-order valence-corrected chi connectivity index (χ3v) is 3.21. The van der Waals surface area contributed by atoms with E-state index in [9.17, 15) is 9.59 Å². The average Bonchev–Trinajstić information content (AvgIpc) is 2.96. The molecule has 7 heteroatoms. The van der Waals surface area contributed by atoms with Gasteiger partial charge in [0.15, 0.2) is 5.13 Å². The Bertz CT molecular complexity index is 403. The fourth-order valence-electron chi connectivity index (χ4n) is 1.54. The lowest BCUT2D eigenvalue weighted by molar-refractivity contribution is -0.140. The van der Waals surface area contributed by atoms with Gasteiger partial charge in [0.05, 0.1) is 6.54 Å². The molecule has 0 aromatic carbocycles. The van der Waals surface area contributed by atoms with Crippen molar-refractivity contribution in [2.75, 3.05) is 11.9 Å². The predicted molar refractivity (Wildman–Crippen MR) is 62.9 cm³/mol. The molecule has 0 spiro atoms. The first-order valence-corrected chi connectivity index (χ1v) is 6.20. The Morgan fingerprint density at radius 1 is 1.59 bits per heavy atom. The first kappa shape index (κ1) is 12.0. The van der Waals surface area contributed by atoms with Gasteiger partial charge in [0.25, 0.3) is 0 Å². The van der Waals surface area contributed by atoms with Crippen molar-refractivity contribution < 1.29 is 14.7 Å². The van der Waals surface area contributed by atoms with Crippen LogP contribution in [-0.2, 0) is 9.59 Å². The molecule has 3 N–H and O–H groups in total. The topological polar surface area (TPSA) is 91.3 Å². The summed E-state index contributed by atoms with van der Waals surface area (Å²) in [4.78, 5) is 26.3. The number of carboxylic acid groups (broad SMARTS) is 1. The van der Waals surface area contributed by atoms with E-state index in [1.807, 2.05) is 0 Å². The number of hydrogen-bond donors (Lipinski definition) is 3. The van der Waals surface area contributed by atoms with Crippen LogP contribution in [0.4, 0.5) is 5.13 Å². The number of carbonyl (C=O) groups is 2. The number of hydrogen-bond acceptors (Lipinski definition) is 5. The van der Waals surface area contributed by atoms with Crippen molar-refractivity contribution in [2.45, 2.75) is 18.9 Å². The molecule has 1 aliphatic carbocycles. The number of nitrogens with one attached hydrogen (secondary N) is 2. The van der Waals surface area contributed by atoms with Crippen LogP contribution in [0.5, 0.6) is 0 Å². The molecular weight excluding hydrogens is 242 g/mol. The van der Waals surface area contributed by atoms with Crippen molar-refractivity contribution in [2.24, 2.45) is 5.92 Å². The summed E-state index contributed by atoms with van der Waals surface area (Å²) >= 11 is 1.32. The van der Waals surface area contributed by atoms with Crippen molar-refractivity contribution in [3.63, 3.8) is 0 Å². The molecule has 1 heterocycles. The van der Waals surface area contributed by atoms with Gasteiger partial charge in [0, 0.05) is 11.6 Å². The van der Waals surface area contributed by atoms with Gasteiger partial charge in [-0.1, -0.05) is 0 Å². The van der Waals surface area contributed by atoms with Crippen molar-refractivity contribution in [1.29, 1.82) is 0 Å². The lowest BCUT2D eigenvalue weighted by atomic mass is 10.2. The number of aliphatic carboxylic acids is 1. The molecule has 17 heavy (non-hydrogen) atoms. The van der Waals surface area contributed by atoms with E-state index in [0.29, 0.717) is 5.13 Å². The number of carboxylic acids is 1. The number of amides is 1. The molecule has 1 amide bonds. The highest BCUT2D eigenvalue weighted by Crippen LogP contribution is 2.32. The van der Waals surface area contributed by atoms with Gasteiger partial charge in [0.2, 0.25) is 5.91 Å². The molecule has 1 aromatic heterocycles. The maximum Gasteiger partial charge on any atom is 0.320 e. The Balaban J connectivity index is 1.76. The second kappa shape index (κ2) is 5.24. The molecule has 1 saturated carbocycles. The van der Waals surface area contributed by atoms with Crippen LogP contribution in [0.3, 0.4) is 0 Å². The second-order valence-corrected chi connectivity index (χ2v) is 4.81. The van der Waals surface area contributed by atoms with Crippen LogP contribution in [0.2, 0.25) is 0 Å². The first-order valence-electron chi connectivity index (χ1n) is 5.32. The lowest BCUT2D eigenvalue weighted by Crippen LogP contribution is -2.42. The number of aromatic nitrogens is 1. The molecule has 6 nitrogen and oxygen atoms in total. The van der Waals surface area contributed by atoms with Crippen LogP contribution < -0.4 is 10.6 Å². The lowest BCUT2D eigenvalue weighted by Gasteiger charge is -2.12. The van der Waals surface area contributed by atoms with Gasteiger partial charge in [0.1, 0.15) is 6.04 Å². The van der Waals surface area contributed by atoms with E-state index >= 15 is 0 Å². The SMILES string of the molecule is O=C(CNC(C(=O)O)C1CC1)Nc1nccs1. The molecule has 1 fully saturated rings. The molecule has 0 aliphatic heterocycles. The molecule has 0 radical (unpaired) electrons. The third kappa shape index (κ3) is 3.50. The van der Waals surface area contributed by atoms with Crippen LogP contribution >= 0.6 is 11.3 Å². The number of nitrogens with zero attached hydrogens (tertiary/aromatic N) is 1. The zero-order valence-electron chi connectivity index (χ0n) is 9.05. The number of anilines is 1. The van der Waals surface area contributed by atoms with Crippen molar-refractivity contribution in [1.82, 2.24) is 10.3 Å². The first-order chi connectivity index (χ1) is 8.16.